The molecular weight excluding hydrogens is 660 g/mol. The van der Waals surface area contributed by atoms with E-state index < -0.39 is 18.2 Å². The quantitative estimate of drug-likeness (QED) is 0.182. The Morgan fingerprint density at radius 2 is 1.44 bits per heavy atom. The molecule has 6 rings (SSSR count). The van der Waals surface area contributed by atoms with Crippen LogP contribution >= 0.6 is 0 Å². The van der Waals surface area contributed by atoms with Gasteiger partial charge in [0.25, 0.3) is 0 Å². The van der Waals surface area contributed by atoms with Crippen LogP contribution in [0.4, 0.5) is 10.7 Å². The van der Waals surface area contributed by atoms with Crippen molar-refractivity contribution in [2.75, 3.05) is 25.5 Å². The average molecular weight is 709 g/mol. The molecule has 0 aliphatic carbocycles. The fourth-order valence-corrected chi connectivity index (χ4v) is 7.02. The van der Waals surface area contributed by atoms with Crippen molar-refractivity contribution in [2.45, 2.75) is 78.4 Å². The normalized spacial score (nSPS) is 18.5. The van der Waals surface area contributed by atoms with E-state index in [1.54, 1.807) is 12.4 Å². The molecule has 3 N–H and O–H groups in total. The Labute approximate surface area is 303 Å². The number of hydrogen-bond donors (Lipinski definition) is 3. The number of nitrogens with zero attached hydrogens (tertiary/aromatic N) is 5. The smallest absolute Gasteiger partial charge is 0.407 e. The number of ether oxygens (including phenoxy) is 1. The highest BCUT2D eigenvalue weighted by Crippen LogP contribution is 2.34. The van der Waals surface area contributed by atoms with Crippen LogP contribution in [0.25, 0.3) is 33.2 Å². The Balaban J connectivity index is 1.11. The first-order chi connectivity index (χ1) is 24.9. The number of fused-ring (bicyclic) bond motifs is 1. The third-order valence-electron chi connectivity index (χ3n) is 10.4. The molecule has 2 fully saturated rings. The number of imidazole rings is 1. The van der Waals surface area contributed by atoms with Crippen molar-refractivity contribution in [3.05, 3.63) is 60.8 Å². The molecule has 0 spiro atoms. The molecule has 1 unspecified atom stereocenters. The second-order valence-corrected chi connectivity index (χ2v) is 14.5. The van der Waals surface area contributed by atoms with Crippen LogP contribution in [0, 0.1) is 17.8 Å². The number of methoxy groups -OCH3 is 1. The number of H-pyrrole nitrogens is 1. The summed E-state index contributed by atoms with van der Waals surface area (Å²) in [4.78, 5) is 72.1. The Bertz CT molecular complexity index is 1940. The Hall–Kier alpha value is -5.33. The first kappa shape index (κ1) is 36.5. The number of anilines is 1. The summed E-state index contributed by atoms with van der Waals surface area (Å²) in [6.45, 7) is 11.0. The van der Waals surface area contributed by atoms with Crippen molar-refractivity contribution >= 4 is 40.5 Å². The van der Waals surface area contributed by atoms with E-state index in [1.807, 2.05) is 37.9 Å². The molecule has 2 aromatic heterocycles. The van der Waals surface area contributed by atoms with Gasteiger partial charge in [-0.1, -0.05) is 58.9 Å². The van der Waals surface area contributed by atoms with Crippen LogP contribution in [0.2, 0.25) is 0 Å². The van der Waals surface area contributed by atoms with Crippen molar-refractivity contribution in [3.63, 3.8) is 0 Å². The minimum Gasteiger partial charge on any atom is -0.453 e. The van der Waals surface area contributed by atoms with Gasteiger partial charge in [0, 0.05) is 42.5 Å². The highest BCUT2D eigenvalue weighted by molar-refractivity contribution is 5.98. The Kier molecular flexibility index (Phi) is 10.9. The summed E-state index contributed by atoms with van der Waals surface area (Å²) >= 11 is 0. The lowest BCUT2D eigenvalue weighted by molar-refractivity contribution is -0.139. The van der Waals surface area contributed by atoms with Crippen molar-refractivity contribution < 1.29 is 23.9 Å². The molecule has 52 heavy (non-hydrogen) atoms. The summed E-state index contributed by atoms with van der Waals surface area (Å²) in [5, 5.41) is 7.45. The topological polar surface area (TPSA) is 163 Å². The van der Waals surface area contributed by atoms with Crippen LogP contribution in [0.1, 0.15) is 72.2 Å². The summed E-state index contributed by atoms with van der Waals surface area (Å²) in [5.74, 6) is 0.526. The van der Waals surface area contributed by atoms with Gasteiger partial charge in [0.05, 0.1) is 25.0 Å². The van der Waals surface area contributed by atoms with Crippen LogP contribution in [0.3, 0.4) is 0 Å². The third kappa shape index (κ3) is 7.63. The SMILES string of the molecule is COC(=O)N[C@H](C(=O)N1CCCC1C(=O)Nc1ncc(-c2ccc3cc(-c4cnc([C@@H]5CCCN5C(=O)[C@@H](C)C(C)C)[nH]4)ccc3c2)cn1)C(C)C. The van der Waals surface area contributed by atoms with E-state index in [9.17, 15) is 19.2 Å². The van der Waals surface area contributed by atoms with E-state index in [1.165, 1.54) is 12.0 Å². The molecule has 0 radical (unpaired) electrons. The van der Waals surface area contributed by atoms with Gasteiger partial charge >= 0.3 is 6.09 Å². The van der Waals surface area contributed by atoms with E-state index in [0.717, 1.165) is 58.4 Å². The van der Waals surface area contributed by atoms with Crippen molar-refractivity contribution in [1.82, 2.24) is 35.1 Å². The lowest BCUT2D eigenvalue weighted by Crippen LogP contribution is -2.54. The molecule has 13 heteroatoms. The standard InChI is InChI=1S/C39H48N8O5/c1-22(2)24(5)36(49)46-15-7-9-31(46)34-40-21-30(43-34)28-14-13-25-17-27(12-11-26(25)18-28)29-19-41-38(42-20-29)45-35(48)32-10-8-16-47(32)37(50)33(23(3)4)44-39(51)52-6/h11-14,17-24,31-33H,7-10,15-16H2,1-6H3,(H,40,43)(H,44,51)(H,41,42,45,48)/t24-,31-,32?,33-/m0/s1. The number of benzene rings is 2. The monoisotopic (exact) mass is 708 g/mol. The molecule has 4 aromatic rings. The van der Waals surface area contributed by atoms with Crippen LogP contribution in [-0.4, -0.2) is 85.8 Å². The summed E-state index contributed by atoms with van der Waals surface area (Å²) in [7, 11) is 1.24. The molecule has 2 aliphatic heterocycles. The van der Waals surface area contributed by atoms with Gasteiger partial charge in [-0.2, -0.15) is 0 Å². The fraction of sp³-hybridized carbons (Fsp3) is 0.462. The van der Waals surface area contributed by atoms with Crippen molar-refractivity contribution in [3.8, 4) is 22.4 Å². The molecule has 2 aliphatic rings. The number of carbonyl (C=O) groups is 4. The summed E-state index contributed by atoms with van der Waals surface area (Å²) in [6.07, 6.45) is 7.51. The third-order valence-corrected chi connectivity index (χ3v) is 10.4. The second-order valence-electron chi connectivity index (χ2n) is 14.5. The number of carbonyl (C=O) groups excluding carboxylic acids is 4. The average Bonchev–Trinajstić information content (AvgIpc) is 3.94. The number of aromatic amines is 1. The molecule has 13 nitrogen and oxygen atoms in total. The minimum atomic E-state index is -0.812. The minimum absolute atomic E-state index is 0.0275. The lowest BCUT2D eigenvalue weighted by Gasteiger charge is -2.30. The maximum Gasteiger partial charge on any atom is 0.407 e. The molecule has 0 saturated carbocycles. The predicted molar refractivity (Wildman–Crippen MR) is 198 cm³/mol. The maximum atomic E-state index is 13.3. The van der Waals surface area contributed by atoms with Gasteiger partial charge < -0.3 is 24.8 Å². The highest BCUT2D eigenvalue weighted by atomic mass is 16.5. The van der Waals surface area contributed by atoms with E-state index in [2.05, 4.69) is 74.5 Å². The number of hydrogen-bond acceptors (Lipinski definition) is 8. The zero-order valence-electron chi connectivity index (χ0n) is 30.7. The van der Waals surface area contributed by atoms with Crippen LogP contribution in [0.15, 0.2) is 55.0 Å². The first-order valence-corrected chi connectivity index (χ1v) is 18.1. The van der Waals surface area contributed by atoms with E-state index in [0.29, 0.717) is 19.4 Å². The maximum absolute atomic E-state index is 13.3. The zero-order chi connectivity index (χ0) is 37.1. The molecule has 274 valence electrons. The van der Waals surface area contributed by atoms with Gasteiger partial charge in [-0.3, -0.25) is 19.7 Å². The van der Waals surface area contributed by atoms with Crippen LogP contribution in [0.5, 0.6) is 0 Å². The van der Waals surface area contributed by atoms with E-state index in [4.69, 9.17) is 4.98 Å². The Morgan fingerprint density at radius 3 is 2.12 bits per heavy atom. The zero-order valence-corrected chi connectivity index (χ0v) is 30.7. The largest absolute Gasteiger partial charge is 0.453 e. The number of alkyl carbamates (subject to hydrolysis) is 1. The summed E-state index contributed by atoms with van der Waals surface area (Å²) in [6, 6.07) is 10.8. The lowest BCUT2D eigenvalue weighted by atomic mass is 9.96. The van der Waals surface area contributed by atoms with Gasteiger partial charge in [-0.15, -0.1) is 0 Å². The molecular formula is C39H48N8O5. The molecule has 4 amide bonds. The van der Waals surface area contributed by atoms with E-state index >= 15 is 0 Å². The number of likely N-dealkylation sites (tertiary alicyclic amines) is 2. The summed E-state index contributed by atoms with van der Waals surface area (Å²) < 4.78 is 4.69. The van der Waals surface area contributed by atoms with Gasteiger partial charge in [0.1, 0.15) is 17.9 Å². The van der Waals surface area contributed by atoms with E-state index in [-0.39, 0.29) is 47.5 Å². The molecule has 2 aromatic carbocycles. The number of amides is 4. The molecule has 4 atom stereocenters. The summed E-state index contributed by atoms with van der Waals surface area (Å²) in [5.41, 5.74) is 3.63. The van der Waals surface area contributed by atoms with Gasteiger partial charge in [-0.05, 0) is 66.0 Å². The fourth-order valence-electron chi connectivity index (χ4n) is 7.02. The van der Waals surface area contributed by atoms with Crippen LogP contribution < -0.4 is 10.6 Å². The van der Waals surface area contributed by atoms with Gasteiger partial charge in [-0.25, -0.2) is 19.7 Å². The van der Waals surface area contributed by atoms with Gasteiger partial charge in [0.2, 0.25) is 23.7 Å². The van der Waals surface area contributed by atoms with Gasteiger partial charge in [0.15, 0.2) is 0 Å². The molecule has 0 bridgehead atoms. The molecule has 2 saturated heterocycles. The number of nitrogens with one attached hydrogen (secondary N) is 3. The highest BCUT2D eigenvalue weighted by Gasteiger charge is 2.39. The predicted octanol–water partition coefficient (Wildman–Crippen LogP) is 5.95. The Morgan fingerprint density at radius 1 is 0.788 bits per heavy atom. The first-order valence-electron chi connectivity index (χ1n) is 18.1. The second kappa shape index (κ2) is 15.5. The van der Waals surface area contributed by atoms with Crippen molar-refractivity contribution in [1.29, 1.82) is 0 Å². The van der Waals surface area contributed by atoms with Crippen LogP contribution in [-0.2, 0) is 19.1 Å². The van der Waals surface area contributed by atoms with Crippen molar-refractivity contribution in [2.24, 2.45) is 17.8 Å². The number of rotatable bonds is 10. The number of aromatic nitrogens is 4. The molecule has 4 heterocycles.